The van der Waals surface area contributed by atoms with Crippen molar-refractivity contribution in [2.45, 2.75) is 0 Å². The smallest absolute Gasteiger partial charge is 0.176 e. The Morgan fingerprint density at radius 1 is 0.452 bits per heavy atom. The molecule has 10 nitrogen and oxygen atoms in total. The van der Waals surface area contributed by atoms with Crippen LogP contribution in [0.15, 0.2) is 112 Å². The van der Waals surface area contributed by atoms with Crippen LogP contribution in [0.3, 0.4) is 0 Å². The number of nitrogens with zero attached hydrogens (tertiary/aromatic N) is 7. The number of nitrogens with one attached hydrogen (secondary N) is 3. The number of aromatic amines is 1. The van der Waals surface area contributed by atoms with E-state index in [4.69, 9.17) is 29.9 Å². The van der Waals surface area contributed by atoms with E-state index in [1.165, 1.54) is 4.68 Å². The highest BCUT2D eigenvalue weighted by atomic mass is 79.9. The second kappa shape index (κ2) is 14.2. The van der Waals surface area contributed by atoms with Crippen LogP contribution < -0.4 is 10.7 Å². The second-order valence-corrected chi connectivity index (χ2v) is 15.7. The first kappa shape index (κ1) is 37.8. The fourth-order valence-electron chi connectivity index (χ4n) is 7.59. The number of fused-ring (bicyclic) bond motifs is 20. The molecular weight excluding hydrogens is 942 g/mol. The van der Waals surface area contributed by atoms with Gasteiger partial charge in [0, 0.05) is 50.5 Å². The third kappa shape index (κ3) is 5.84. The number of aromatic nitrogens is 8. The minimum atomic E-state index is -1.40. The molecule has 9 aromatic rings. The summed E-state index contributed by atoms with van der Waals surface area (Å²) in [6, 6.07) is 28.0. The van der Waals surface area contributed by atoms with E-state index in [9.17, 15) is 17.6 Å². The van der Waals surface area contributed by atoms with E-state index in [0.717, 1.165) is 6.07 Å². The largest absolute Gasteiger partial charge is 0.352 e. The monoisotopic (exact) mass is 960 g/mol. The molecule has 0 unspecified atom stereocenters. The van der Waals surface area contributed by atoms with Gasteiger partial charge in [0.25, 0.3) is 0 Å². The van der Waals surface area contributed by atoms with Crippen LogP contribution in [0.1, 0.15) is 0 Å². The van der Waals surface area contributed by atoms with Gasteiger partial charge < -0.3 is 10.3 Å². The van der Waals surface area contributed by atoms with Crippen molar-refractivity contribution in [1.29, 1.82) is 0 Å². The first-order valence-electron chi connectivity index (χ1n) is 18.5. The van der Waals surface area contributed by atoms with Crippen molar-refractivity contribution in [2.24, 2.45) is 0 Å². The van der Waals surface area contributed by atoms with Gasteiger partial charge in [-0.25, -0.2) is 60.9 Å². The standard InChI is InChI=1S/C44H20Br2F6N10/c45-31-33(49)25(47)16-28(35(31)51)53-27-15-7-14-24-30(27)42-57-38-19-9-2-4-11-21(19)40(55-38)60-44-23-13-6-5-12-22(23)43(62(44)61-29-17-26(48)34(50)32(46)36(29)52)59-39-20-10-3-1-8-18(20)37(54-39)56-41(24)58-42/h1-17,53,61H,(H,54,55,56,57,58,59,60). The Bertz CT molecular complexity index is 3610. The number of anilines is 3. The first-order valence-corrected chi connectivity index (χ1v) is 20.1. The van der Waals surface area contributed by atoms with Gasteiger partial charge in [0.1, 0.15) is 11.3 Å². The maximum Gasteiger partial charge on any atom is 0.176 e. The van der Waals surface area contributed by atoms with Gasteiger partial charge in [-0.2, -0.15) is 0 Å². The Morgan fingerprint density at radius 2 is 0.903 bits per heavy atom. The average molecular weight is 963 g/mol. The fourth-order valence-corrected chi connectivity index (χ4v) is 8.39. The van der Waals surface area contributed by atoms with Gasteiger partial charge in [0.05, 0.1) is 31.4 Å². The molecule has 0 radical (unpaired) electrons. The van der Waals surface area contributed by atoms with Gasteiger partial charge in [-0.1, -0.05) is 84.9 Å². The number of rotatable bonds is 4. The van der Waals surface area contributed by atoms with E-state index in [2.05, 4.69) is 47.6 Å². The predicted molar refractivity (Wildman–Crippen MR) is 230 cm³/mol. The zero-order valence-corrected chi connectivity index (χ0v) is 34.1. The second-order valence-electron chi connectivity index (χ2n) is 14.1. The molecule has 5 heterocycles. The van der Waals surface area contributed by atoms with Crippen LogP contribution in [0.25, 0.3) is 89.7 Å². The van der Waals surface area contributed by atoms with E-state index in [-0.39, 0.29) is 57.3 Å². The summed E-state index contributed by atoms with van der Waals surface area (Å²) in [4.78, 5) is 33.1. The highest BCUT2D eigenvalue weighted by Crippen LogP contribution is 2.40. The molecule has 62 heavy (non-hydrogen) atoms. The molecule has 0 fully saturated rings. The molecule has 0 amide bonds. The molecule has 0 atom stereocenters. The summed E-state index contributed by atoms with van der Waals surface area (Å²) >= 11 is 5.64. The van der Waals surface area contributed by atoms with Crippen molar-refractivity contribution in [3.8, 4) is 45.6 Å². The van der Waals surface area contributed by atoms with Crippen LogP contribution in [0.4, 0.5) is 43.4 Å². The third-order valence-corrected chi connectivity index (χ3v) is 11.8. The molecule has 18 heteroatoms. The quantitative estimate of drug-likeness (QED) is 0.0906. The van der Waals surface area contributed by atoms with Crippen molar-refractivity contribution in [3.05, 3.63) is 147 Å². The lowest BCUT2D eigenvalue weighted by Crippen LogP contribution is -2.12. The third-order valence-electron chi connectivity index (χ3n) is 10.4. The van der Waals surface area contributed by atoms with Crippen LogP contribution in [0.5, 0.6) is 0 Å². The van der Waals surface area contributed by atoms with E-state index in [1.54, 1.807) is 78.9 Å². The number of H-pyrrole nitrogens is 1. The van der Waals surface area contributed by atoms with Crippen LogP contribution in [-0.4, -0.2) is 39.6 Å². The molecule has 0 spiro atoms. The molecule has 0 aliphatic carbocycles. The Kier molecular flexibility index (Phi) is 8.66. The Balaban J connectivity index is 1.29. The van der Waals surface area contributed by atoms with Gasteiger partial charge in [-0.05, 0) is 37.9 Å². The van der Waals surface area contributed by atoms with Crippen LogP contribution in [-0.2, 0) is 0 Å². The fraction of sp³-hybridized carbons (Fsp3) is 0. The maximum atomic E-state index is 15.8. The number of benzene rings is 6. The van der Waals surface area contributed by atoms with Crippen molar-refractivity contribution in [1.82, 2.24) is 39.6 Å². The molecule has 302 valence electrons. The molecule has 3 aromatic heterocycles. The highest BCUT2D eigenvalue weighted by Gasteiger charge is 2.26. The summed E-state index contributed by atoms with van der Waals surface area (Å²) < 4.78 is 89.5. The molecule has 8 bridgehead atoms. The first-order chi connectivity index (χ1) is 30.0. The number of hydrogen-bond donors (Lipinski definition) is 3. The molecule has 2 aliphatic heterocycles. The normalized spacial score (nSPS) is 11.9. The van der Waals surface area contributed by atoms with Crippen molar-refractivity contribution < 1.29 is 26.3 Å². The van der Waals surface area contributed by atoms with Gasteiger partial charge in [0.2, 0.25) is 0 Å². The van der Waals surface area contributed by atoms with Crippen LogP contribution in [0, 0.1) is 34.9 Å². The van der Waals surface area contributed by atoms with Gasteiger partial charge in [0.15, 0.2) is 69.5 Å². The Hall–Kier alpha value is -7.18. The lowest BCUT2D eigenvalue weighted by atomic mass is 10.1. The molecule has 0 saturated heterocycles. The van der Waals surface area contributed by atoms with Crippen LogP contribution in [0.2, 0.25) is 0 Å². The molecule has 2 aliphatic rings. The predicted octanol–water partition coefficient (Wildman–Crippen LogP) is 12.3. The van der Waals surface area contributed by atoms with Crippen LogP contribution >= 0.6 is 31.9 Å². The van der Waals surface area contributed by atoms with Crippen molar-refractivity contribution >= 4 is 93.1 Å². The number of hydrogen-bond acceptors (Lipinski definition) is 8. The molecule has 11 rings (SSSR count). The highest BCUT2D eigenvalue weighted by molar-refractivity contribution is 9.10. The molecule has 3 N–H and O–H groups in total. The molecular formula is C44H20Br2F6N10. The van der Waals surface area contributed by atoms with E-state index >= 15 is 8.78 Å². The van der Waals surface area contributed by atoms with Gasteiger partial charge >= 0.3 is 0 Å². The van der Waals surface area contributed by atoms with E-state index in [0.29, 0.717) is 49.9 Å². The molecule has 6 aromatic carbocycles. The minimum absolute atomic E-state index is 0.168. The summed E-state index contributed by atoms with van der Waals surface area (Å²) in [6.45, 7) is 0. The summed E-state index contributed by atoms with van der Waals surface area (Å²) in [5.74, 6) is -6.69. The molecule has 0 saturated carbocycles. The topological polar surface area (TPSA) is 122 Å². The lowest BCUT2D eigenvalue weighted by Gasteiger charge is -2.12. The van der Waals surface area contributed by atoms with Crippen molar-refractivity contribution in [2.75, 3.05) is 10.7 Å². The van der Waals surface area contributed by atoms with E-state index in [1.807, 2.05) is 12.1 Å². The summed E-state index contributed by atoms with van der Waals surface area (Å²) in [5.41, 5.74) is 5.56. The summed E-state index contributed by atoms with van der Waals surface area (Å²) in [6.07, 6.45) is 0. The maximum absolute atomic E-state index is 15.8. The zero-order valence-electron chi connectivity index (χ0n) is 31.0. The minimum Gasteiger partial charge on any atom is -0.352 e. The lowest BCUT2D eigenvalue weighted by molar-refractivity contribution is 0.489. The van der Waals surface area contributed by atoms with Gasteiger partial charge in [-0.3, -0.25) is 5.43 Å². The average Bonchev–Trinajstić information content (AvgIpc) is 4.01. The zero-order chi connectivity index (χ0) is 42.6. The summed E-state index contributed by atoms with van der Waals surface area (Å²) in [5, 5.41) is 4.88. The Morgan fingerprint density at radius 3 is 1.45 bits per heavy atom. The number of halogens is 8. The SMILES string of the molecule is Fc1cc(Nc2cccc3c4nc5nc(nc6c7ccccc7c(nc7nc(nc([nH]4)c23)-c2ccccc2-7)n6Nc2cc(F)c(F)c(Br)c2F)-c2ccccc2-5)c(F)c(Br)c1F. The Labute approximate surface area is 360 Å². The van der Waals surface area contributed by atoms with Gasteiger partial charge in [-0.15, -0.1) is 0 Å². The van der Waals surface area contributed by atoms with E-state index < -0.39 is 49.5 Å². The van der Waals surface area contributed by atoms with Crippen molar-refractivity contribution in [3.63, 3.8) is 0 Å². The summed E-state index contributed by atoms with van der Waals surface area (Å²) in [7, 11) is 0.